The van der Waals surface area contributed by atoms with Crippen LogP contribution in [0.15, 0.2) is 77.8 Å². The molecule has 0 spiro atoms. The largest absolute Gasteiger partial charge is 0.508 e. The van der Waals surface area contributed by atoms with Crippen molar-refractivity contribution in [3.63, 3.8) is 0 Å². The molecule has 2 aliphatic heterocycles. The number of rotatable bonds is 31. The Kier molecular flexibility index (Phi) is 24.4. The number of phenolic OH excluding ortho intramolecular Hbond substituents is 1. The van der Waals surface area contributed by atoms with E-state index in [4.69, 9.17) is 33.2 Å². The maximum Gasteiger partial charge on any atom is 0.256 e. The third-order valence-electron chi connectivity index (χ3n) is 13.4. The number of ether oxygens (including phenoxy) is 7. The molecule has 7 rings (SSSR count). The first-order valence-corrected chi connectivity index (χ1v) is 29.0. The first-order chi connectivity index (χ1) is 40.0. The van der Waals surface area contributed by atoms with E-state index in [1.54, 1.807) is 40.4 Å². The van der Waals surface area contributed by atoms with E-state index in [1.165, 1.54) is 27.3 Å². The number of hydrogen-bond donors (Lipinski definition) is 5. The van der Waals surface area contributed by atoms with Crippen LogP contribution in [0.4, 0.5) is 9.52 Å². The average Bonchev–Trinajstić information content (AvgIpc) is 4.50. The summed E-state index contributed by atoms with van der Waals surface area (Å²) in [6, 6.07) is 12.7. The number of nitrogens with zero attached hydrogens (tertiary/aromatic N) is 4. The quantitative estimate of drug-likeness (QED) is 0.0268. The van der Waals surface area contributed by atoms with Gasteiger partial charge in [0.2, 0.25) is 17.7 Å². The normalized spacial score (nSPS) is 16.0. The van der Waals surface area contributed by atoms with Crippen molar-refractivity contribution >= 4 is 57.3 Å². The third-order valence-corrected chi connectivity index (χ3v) is 15.1. The van der Waals surface area contributed by atoms with Crippen molar-refractivity contribution in [2.24, 2.45) is 5.41 Å². The van der Waals surface area contributed by atoms with E-state index in [0.717, 1.165) is 39.9 Å². The van der Waals surface area contributed by atoms with Gasteiger partial charge in [-0.25, -0.2) is 14.4 Å². The number of likely N-dealkylation sites (tertiary alicyclic amines) is 1. The molecule has 446 valence electrons. The predicted molar refractivity (Wildman–Crippen MR) is 307 cm³/mol. The summed E-state index contributed by atoms with van der Waals surface area (Å²) in [6.07, 6.45) is 0.692. The molecule has 5 aromatic rings. The number of nitrogens with one attached hydrogen (secondary N) is 3. The van der Waals surface area contributed by atoms with Crippen LogP contribution in [-0.4, -0.2) is 177 Å². The van der Waals surface area contributed by atoms with Gasteiger partial charge in [-0.05, 0) is 60.2 Å². The summed E-state index contributed by atoms with van der Waals surface area (Å²) in [7, 11) is 0. The molecule has 0 bridgehead atoms. The van der Waals surface area contributed by atoms with Crippen molar-refractivity contribution < 1.29 is 71.7 Å². The average molecular weight is 1190 g/mol. The van der Waals surface area contributed by atoms with Crippen molar-refractivity contribution in [1.82, 2.24) is 30.4 Å². The molecule has 0 saturated carbocycles. The van der Waals surface area contributed by atoms with Gasteiger partial charge in [-0.3, -0.25) is 29.3 Å². The van der Waals surface area contributed by atoms with Gasteiger partial charge in [-0.2, -0.15) is 0 Å². The number of carbonyl (C=O) groups excluding carboxylic acids is 5. The Morgan fingerprint density at radius 1 is 0.831 bits per heavy atom. The third kappa shape index (κ3) is 18.6. The van der Waals surface area contributed by atoms with Crippen molar-refractivity contribution in [3.05, 3.63) is 117 Å². The van der Waals surface area contributed by atoms with Crippen molar-refractivity contribution in [3.8, 4) is 28.0 Å². The highest BCUT2D eigenvalue weighted by atomic mass is 32.1. The fraction of sp³-hybridized carbons (Fsp3) is 0.475. The van der Waals surface area contributed by atoms with Gasteiger partial charge >= 0.3 is 0 Å². The number of anilines is 1. The highest BCUT2D eigenvalue weighted by molar-refractivity contribution is 7.14. The molecule has 5 amide bonds. The summed E-state index contributed by atoms with van der Waals surface area (Å²) >= 11 is 2.74. The molecule has 3 aromatic carbocycles. The van der Waals surface area contributed by atoms with Gasteiger partial charge in [0.05, 0.1) is 113 Å². The second kappa shape index (κ2) is 31.8. The van der Waals surface area contributed by atoms with E-state index < -0.39 is 59.1 Å². The smallest absolute Gasteiger partial charge is 0.256 e. The zero-order chi connectivity index (χ0) is 59.3. The van der Waals surface area contributed by atoms with Gasteiger partial charge in [0.25, 0.3) is 11.8 Å². The molecule has 0 aliphatic carbocycles. The van der Waals surface area contributed by atoms with Crippen LogP contribution in [0.2, 0.25) is 0 Å². The van der Waals surface area contributed by atoms with Crippen LogP contribution in [-0.2, 0) is 58.9 Å². The van der Waals surface area contributed by atoms with E-state index in [9.17, 15) is 38.6 Å². The lowest BCUT2D eigenvalue weighted by Gasteiger charge is -2.35. The SMILES string of the molecule is Cc1ncsc1-c1ccc([C@H](C)NC(=O)[C@@H]2C[C@@H](O)CN2C(=O)[C@@H](NC(=O)COCCOCCOCCOCCOCCOCCOCC#Cc2cccc3c2C(=O)N(C(C(=O)Nc2nccs2)c2cc(F)ccc2O)C3)C(C)(C)C)cc1. The standard InChI is InChI=1S/C59H72FN7O14S2/c1-38(40-11-13-42(14-12-40)52-39(2)62-37-83-52)63-54(71)47-33-45(68)35-66(47)57(74)53(59(3,4)5)64-49(70)36-81-30-29-80-28-27-79-26-25-78-24-23-77-22-21-76-20-19-75-18-7-10-41-8-6-9-43-34-67(56(73)50(41)43)51(46-32-44(60)15-16-48(46)69)55(72)65-58-61-17-31-82-58/h6,8-9,11-17,31-32,37-38,45,47,51,53,68-69H,18-30,33-36H2,1-5H3,(H,63,71)(H,64,70)(H,61,65,72)/t38-,45+,47-,51?,53+/m0/s1. The Balaban J connectivity index is 0.680. The number of thiazole rings is 2. The molecule has 1 unspecified atom stereocenters. The topological polar surface area (TPSA) is 259 Å². The van der Waals surface area contributed by atoms with E-state index in [-0.39, 0.29) is 80.9 Å². The fourth-order valence-corrected chi connectivity index (χ4v) is 10.5. The van der Waals surface area contributed by atoms with E-state index in [2.05, 4.69) is 37.8 Å². The molecule has 0 radical (unpaired) electrons. The lowest BCUT2D eigenvalue weighted by Crippen LogP contribution is -2.58. The molecule has 1 fully saturated rings. The van der Waals surface area contributed by atoms with Crippen molar-refractivity contribution in [2.45, 2.75) is 77.9 Å². The van der Waals surface area contributed by atoms with Crippen LogP contribution in [0.1, 0.15) is 84.5 Å². The van der Waals surface area contributed by atoms with Gasteiger partial charge in [0, 0.05) is 42.2 Å². The molecule has 1 saturated heterocycles. The molecule has 21 nitrogen and oxygen atoms in total. The van der Waals surface area contributed by atoms with Crippen LogP contribution in [0.25, 0.3) is 10.4 Å². The number of hydrogen-bond acceptors (Lipinski definition) is 18. The first-order valence-electron chi connectivity index (χ1n) is 27.2. The summed E-state index contributed by atoms with van der Waals surface area (Å²) in [5, 5.41) is 31.7. The number of carbonyl (C=O) groups is 5. The molecule has 5 N–H and O–H groups in total. The minimum absolute atomic E-state index is 0.0305. The Labute approximate surface area is 490 Å². The first kappa shape index (κ1) is 63.8. The predicted octanol–water partition coefficient (Wildman–Crippen LogP) is 5.59. The molecular formula is C59H72FN7O14S2. The fourth-order valence-electron chi connectivity index (χ4n) is 9.20. The number of fused-ring (bicyclic) bond motifs is 1. The maximum absolute atomic E-state index is 14.4. The molecule has 4 heterocycles. The van der Waals surface area contributed by atoms with Gasteiger partial charge in [0.1, 0.15) is 42.9 Å². The van der Waals surface area contributed by atoms with Crippen molar-refractivity contribution in [2.75, 3.05) is 104 Å². The Morgan fingerprint density at radius 2 is 1.47 bits per heavy atom. The zero-order valence-electron chi connectivity index (χ0n) is 47.2. The monoisotopic (exact) mass is 1190 g/mol. The minimum atomic E-state index is -1.36. The Morgan fingerprint density at radius 3 is 2.07 bits per heavy atom. The highest BCUT2D eigenvalue weighted by Crippen LogP contribution is 2.38. The van der Waals surface area contributed by atoms with E-state index in [1.807, 2.05) is 58.9 Å². The van der Waals surface area contributed by atoms with Crippen LogP contribution < -0.4 is 16.0 Å². The number of aromatic hydroxyl groups is 1. The summed E-state index contributed by atoms with van der Waals surface area (Å²) in [6.45, 7) is 12.8. The number of halogens is 1. The number of aryl methyl sites for hydroxylation is 1. The number of phenols is 1. The Bertz CT molecular complexity index is 3000. The van der Waals surface area contributed by atoms with Crippen LogP contribution in [0, 0.1) is 30.0 Å². The maximum atomic E-state index is 14.4. The van der Waals surface area contributed by atoms with Crippen LogP contribution in [0.3, 0.4) is 0 Å². The summed E-state index contributed by atoms with van der Waals surface area (Å²) < 4.78 is 53.3. The van der Waals surface area contributed by atoms with Gasteiger partial charge in [0.15, 0.2) is 5.13 Å². The lowest BCUT2D eigenvalue weighted by atomic mass is 9.85. The van der Waals surface area contributed by atoms with E-state index >= 15 is 0 Å². The van der Waals surface area contributed by atoms with E-state index in [0.29, 0.717) is 76.2 Å². The molecule has 83 heavy (non-hydrogen) atoms. The number of aromatic nitrogens is 2. The summed E-state index contributed by atoms with van der Waals surface area (Å²) in [4.78, 5) is 80.2. The Hall–Kier alpha value is -6.76. The molecule has 2 aliphatic rings. The van der Waals surface area contributed by atoms with Crippen LogP contribution in [0.5, 0.6) is 5.75 Å². The van der Waals surface area contributed by atoms with Gasteiger partial charge < -0.3 is 63.8 Å². The second-order valence-electron chi connectivity index (χ2n) is 20.6. The number of aliphatic hydroxyl groups excluding tert-OH is 1. The van der Waals surface area contributed by atoms with Gasteiger partial charge in [-0.1, -0.05) is 69.0 Å². The number of β-amino-alcohol motifs (C(OH)–C–C–N with tert-alkyl or cyclic N) is 1. The van der Waals surface area contributed by atoms with Crippen molar-refractivity contribution in [1.29, 1.82) is 0 Å². The second-order valence-corrected chi connectivity index (χ2v) is 22.3. The molecular weight excluding hydrogens is 1110 g/mol. The molecule has 5 atom stereocenters. The van der Waals surface area contributed by atoms with Crippen LogP contribution >= 0.6 is 22.7 Å². The van der Waals surface area contributed by atoms with Gasteiger partial charge in [-0.15, -0.1) is 22.7 Å². The highest BCUT2D eigenvalue weighted by Gasteiger charge is 2.45. The summed E-state index contributed by atoms with van der Waals surface area (Å²) in [5.74, 6) is 2.39. The number of amides is 5. The minimum Gasteiger partial charge on any atom is -0.508 e. The number of aliphatic hydroxyl groups is 1. The lowest BCUT2D eigenvalue weighted by molar-refractivity contribution is -0.144. The zero-order valence-corrected chi connectivity index (χ0v) is 48.8. The molecule has 2 aromatic heterocycles. The number of benzene rings is 3. The molecule has 24 heteroatoms. The summed E-state index contributed by atoms with van der Waals surface area (Å²) in [5.41, 5.74) is 5.27.